The van der Waals surface area contributed by atoms with Gasteiger partial charge in [-0.05, 0) is 32.4 Å². The van der Waals surface area contributed by atoms with E-state index in [-0.39, 0.29) is 6.61 Å². The van der Waals surface area contributed by atoms with Gasteiger partial charge in [0, 0.05) is 5.56 Å². The normalized spacial score (nSPS) is 20.1. The van der Waals surface area contributed by atoms with Gasteiger partial charge >= 0.3 is 27.3 Å². The van der Waals surface area contributed by atoms with Crippen molar-refractivity contribution in [3.8, 4) is 0 Å². The van der Waals surface area contributed by atoms with Gasteiger partial charge in [0.2, 0.25) is 0 Å². The van der Waals surface area contributed by atoms with Gasteiger partial charge in [0.15, 0.2) is 6.29 Å². The minimum absolute atomic E-state index is 0.121. The van der Waals surface area contributed by atoms with E-state index in [0.717, 1.165) is 0 Å². The van der Waals surface area contributed by atoms with Crippen molar-refractivity contribution in [2.45, 2.75) is 50.4 Å². The van der Waals surface area contributed by atoms with Crippen LogP contribution in [0, 0.1) is 0 Å². The van der Waals surface area contributed by atoms with Crippen LogP contribution in [0.25, 0.3) is 0 Å². The molecule has 1 saturated heterocycles. The van der Waals surface area contributed by atoms with Gasteiger partial charge in [-0.2, -0.15) is 17.2 Å². The molecule has 2 unspecified atom stereocenters. The molecule has 0 saturated carbocycles. The molecule has 9 nitrogen and oxygen atoms in total. The third-order valence-electron chi connectivity index (χ3n) is 4.35. The zero-order chi connectivity index (χ0) is 22.7. The Bertz CT molecular complexity index is 881. The maximum atomic E-state index is 13.1. The number of rotatable bonds is 8. The van der Waals surface area contributed by atoms with Crippen LogP contribution in [0.3, 0.4) is 0 Å². The van der Waals surface area contributed by atoms with Crippen molar-refractivity contribution in [2.24, 2.45) is 0 Å². The van der Waals surface area contributed by atoms with E-state index in [4.69, 9.17) is 18.8 Å². The summed E-state index contributed by atoms with van der Waals surface area (Å²) in [5, 5.41) is -5.08. The van der Waals surface area contributed by atoms with Gasteiger partial charge < -0.3 is 18.9 Å². The Labute approximate surface area is 172 Å². The third-order valence-corrected chi connectivity index (χ3v) is 5.17. The molecule has 0 radical (unpaired) electrons. The van der Waals surface area contributed by atoms with Crippen molar-refractivity contribution in [3.05, 3.63) is 35.4 Å². The summed E-state index contributed by atoms with van der Waals surface area (Å²) >= 11 is 0. The lowest BCUT2D eigenvalue weighted by Gasteiger charge is -2.23. The first-order valence-corrected chi connectivity index (χ1v) is 10.3. The molecular weight excluding hydrogens is 430 g/mol. The zero-order valence-corrected chi connectivity index (χ0v) is 17.3. The molecule has 12 heteroatoms. The van der Waals surface area contributed by atoms with Gasteiger partial charge in [-0.1, -0.05) is 19.1 Å². The first kappa shape index (κ1) is 24.1. The van der Waals surface area contributed by atoms with Crippen LogP contribution >= 0.6 is 0 Å². The van der Waals surface area contributed by atoms with E-state index in [2.05, 4.69) is 4.74 Å². The highest BCUT2D eigenvalue weighted by molar-refractivity contribution is 7.87. The predicted octanol–water partition coefficient (Wildman–Crippen LogP) is 2.47. The number of ether oxygens (including phenoxy) is 4. The molecule has 0 aliphatic carbocycles. The summed E-state index contributed by atoms with van der Waals surface area (Å²) in [6.07, 6.45) is -1.21. The zero-order valence-electron chi connectivity index (χ0n) is 16.5. The fraction of sp³-hybridized carbons (Fsp3) is 0.556. The van der Waals surface area contributed by atoms with Crippen LogP contribution < -0.4 is 0 Å². The molecular formula is C18H22F2O9S. The summed E-state index contributed by atoms with van der Waals surface area (Å²) in [7, 11) is -5.94. The van der Waals surface area contributed by atoms with Crippen molar-refractivity contribution < 1.29 is 50.3 Å². The number of hydrogen-bond acceptors (Lipinski definition) is 8. The molecule has 1 aliphatic heterocycles. The smallest absolute Gasteiger partial charge is 0.457 e. The van der Waals surface area contributed by atoms with Gasteiger partial charge in [0.05, 0.1) is 12.2 Å². The lowest BCUT2D eigenvalue weighted by atomic mass is 10.1. The maximum absolute atomic E-state index is 13.1. The van der Waals surface area contributed by atoms with Crippen LogP contribution in [0.4, 0.5) is 8.78 Å². The monoisotopic (exact) mass is 452 g/mol. The average molecular weight is 452 g/mol. The van der Waals surface area contributed by atoms with E-state index < -0.39 is 51.9 Å². The number of hydrogen-bond donors (Lipinski definition) is 1. The largest absolute Gasteiger partial charge is 0.465 e. The molecule has 1 heterocycles. The van der Waals surface area contributed by atoms with Gasteiger partial charge in [0.1, 0.15) is 18.3 Å². The quantitative estimate of drug-likeness (QED) is 0.468. The van der Waals surface area contributed by atoms with E-state index in [1.165, 1.54) is 12.1 Å². The van der Waals surface area contributed by atoms with Crippen molar-refractivity contribution in [1.29, 1.82) is 0 Å². The minimum atomic E-state index is -5.94. The van der Waals surface area contributed by atoms with Crippen LogP contribution in [-0.2, 0) is 33.9 Å². The standard InChI is InChI=1S/C18H22F2O9S/c1-4-17(2,3)29-14(21)11-5-7-12(8-6-11)15-26-9-13(28-15)10-27-16(22)18(19,20)30(23,24)25/h5-8,13,15H,4,9-10H2,1-3H3,(H,23,24,25). The lowest BCUT2D eigenvalue weighted by molar-refractivity contribution is -0.165. The number of carbonyl (C=O) groups is 2. The number of benzene rings is 1. The Hall–Kier alpha value is -2.15. The maximum Gasteiger partial charge on any atom is 0.465 e. The Morgan fingerprint density at radius 3 is 2.37 bits per heavy atom. The summed E-state index contributed by atoms with van der Waals surface area (Å²) in [6, 6.07) is 6.13. The topological polar surface area (TPSA) is 125 Å². The highest BCUT2D eigenvalue weighted by atomic mass is 32.2. The van der Waals surface area contributed by atoms with Gasteiger partial charge in [0.25, 0.3) is 0 Å². The van der Waals surface area contributed by atoms with Crippen molar-refractivity contribution in [2.75, 3.05) is 13.2 Å². The Balaban J connectivity index is 1.91. The summed E-state index contributed by atoms with van der Waals surface area (Å²) in [6.45, 7) is 4.64. The third kappa shape index (κ3) is 5.72. The Morgan fingerprint density at radius 2 is 1.83 bits per heavy atom. The predicted molar refractivity (Wildman–Crippen MR) is 97.2 cm³/mol. The second kappa shape index (κ2) is 8.92. The van der Waals surface area contributed by atoms with Gasteiger partial charge in [-0.3, -0.25) is 4.55 Å². The van der Waals surface area contributed by atoms with Crippen LogP contribution in [-0.4, -0.2) is 55.1 Å². The second-order valence-corrected chi connectivity index (χ2v) is 8.60. The number of carbonyl (C=O) groups excluding carboxylic acids is 2. The highest BCUT2D eigenvalue weighted by Crippen LogP contribution is 2.29. The van der Waals surface area contributed by atoms with Crippen molar-refractivity contribution in [3.63, 3.8) is 0 Å². The van der Waals surface area contributed by atoms with Crippen molar-refractivity contribution >= 4 is 22.1 Å². The highest BCUT2D eigenvalue weighted by Gasteiger charge is 2.54. The number of alkyl halides is 2. The fourth-order valence-corrected chi connectivity index (χ4v) is 2.50. The Kier molecular flexibility index (Phi) is 7.17. The number of halogens is 2. The molecule has 0 amide bonds. The minimum Gasteiger partial charge on any atom is -0.457 e. The van der Waals surface area contributed by atoms with Crippen LogP contribution in [0.15, 0.2) is 24.3 Å². The van der Waals surface area contributed by atoms with Crippen LogP contribution in [0.5, 0.6) is 0 Å². The fourth-order valence-electron chi connectivity index (χ4n) is 2.23. The average Bonchev–Trinajstić information content (AvgIpc) is 3.14. The van der Waals surface area contributed by atoms with Gasteiger partial charge in [-0.15, -0.1) is 0 Å². The molecule has 30 heavy (non-hydrogen) atoms. The first-order chi connectivity index (χ1) is 13.8. The van der Waals surface area contributed by atoms with E-state index in [9.17, 15) is 26.8 Å². The molecule has 1 aliphatic rings. The molecule has 1 fully saturated rings. The van der Waals surface area contributed by atoms with E-state index >= 15 is 0 Å². The van der Waals surface area contributed by atoms with Crippen LogP contribution in [0.1, 0.15) is 49.4 Å². The summed E-state index contributed by atoms with van der Waals surface area (Å²) < 4.78 is 76.1. The van der Waals surface area contributed by atoms with Crippen LogP contribution in [0.2, 0.25) is 0 Å². The number of esters is 2. The summed E-state index contributed by atoms with van der Waals surface area (Å²) in [5.41, 5.74) is 0.221. The molecule has 2 rings (SSSR count). The summed E-state index contributed by atoms with van der Waals surface area (Å²) in [4.78, 5) is 23.3. The molecule has 1 aromatic rings. The van der Waals surface area contributed by atoms with E-state index in [1.807, 2.05) is 6.92 Å². The molecule has 0 spiro atoms. The van der Waals surface area contributed by atoms with E-state index in [0.29, 0.717) is 17.5 Å². The SMILES string of the molecule is CCC(C)(C)OC(=O)c1ccc(C2OCC(COC(=O)C(F)(F)S(=O)(=O)O)O2)cc1. The summed E-state index contributed by atoms with van der Waals surface area (Å²) in [5.74, 6) is -2.92. The second-order valence-electron chi connectivity index (χ2n) is 7.14. The van der Waals surface area contributed by atoms with E-state index in [1.54, 1.807) is 26.0 Å². The molecule has 0 aromatic heterocycles. The molecule has 1 aromatic carbocycles. The molecule has 2 atom stereocenters. The van der Waals surface area contributed by atoms with Crippen molar-refractivity contribution in [1.82, 2.24) is 0 Å². The molecule has 0 bridgehead atoms. The van der Waals surface area contributed by atoms with Gasteiger partial charge in [-0.25, -0.2) is 9.59 Å². The lowest BCUT2D eigenvalue weighted by Crippen LogP contribution is -2.40. The molecule has 168 valence electrons. The first-order valence-electron chi connectivity index (χ1n) is 8.89. The molecule has 1 N–H and O–H groups in total. The Morgan fingerprint density at radius 1 is 1.23 bits per heavy atom.